The maximum Gasteiger partial charge on any atom is 0.0633 e. The van der Waals surface area contributed by atoms with Crippen molar-refractivity contribution in [2.75, 3.05) is 0 Å². The molecule has 18 atom stereocenters. The lowest BCUT2D eigenvalue weighted by Gasteiger charge is -2.59. The first kappa shape index (κ1) is 47.4. The largest absolute Gasteiger partial charge is 0.393 e. The summed E-state index contributed by atoms with van der Waals surface area (Å²) in [5, 5.41) is 21.3. The third kappa shape index (κ3) is 8.40. The van der Waals surface area contributed by atoms with E-state index < -0.39 is 0 Å². The first-order valence-corrected chi connectivity index (χ1v) is 27.2. The average molecular weight is 829 g/mol. The van der Waals surface area contributed by atoms with E-state index in [1.165, 1.54) is 122 Å². The van der Waals surface area contributed by atoms with E-state index in [2.05, 4.69) is 95.2 Å². The van der Waals surface area contributed by atoms with Crippen molar-refractivity contribution in [3.05, 3.63) is 23.3 Å². The number of hydrogen-bond donors (Lipinski definition) is 2. The fraction of sp³-hybridized carbons (Fsp3) is 0.931. The summed E-state index contributed by atoms with van der Waals surface area (Å²) in [6, 6.07) is 0. The van der Waals surface area contributed by atoms with Gasteiger partial charge < -0.3 is 10.2 Å². The van der Waals surface area contributed by atoms with Crippen LogP contribution in [-0.2, 0) is 0 Å². The standard InChI is InChI=1S/2C29H50O/c1-7-21(19(2)3)9-8-20(4)25-12-13-26-24-11-10-22-18-23(30)14-16-28(22,5)27(24)15-17-29(25,26)6;1-7-21(19(2)3)12-11-20(4)24-15-16-25-23-14-13-22-9-8-10-27(30)29(22,6)26(23)17-18-28(24,25)5/h10,19-21,23-27,30H,7-9,11-18H2,1-6H3;13,19-21,23-27,30H,7-12,14-18H2,1-6H3/t20-,21?,23+,24+,25-,26+,27+,28+,29-;20-,21?,23+,24-,25+,26+,27?,28-,29+/m11/s1. The first-order valence-electron chi connectivity index (χ1n) is 27.2. The van der Waals surface area contributed by atoms with Crippen LogP contribution in [-0.4, -0.2) is 22.4 Å². The van der Waals surface area contributed by atoms with Crippen LogP contribution in [0.15, 0.2) is 23.3 Å². The molecule has 0 aliphatic heterocycles. The average Bonchev–Trinajstić information content (AvgIpc) is 3.76. The van der Waals surface area contributed by atoms with Crippen LogP contribution in [0.1, 0.15) is 224 Å². The number of aliphatic hydroxyl groups is 2. The van der Waals surface area contributed by atoms with Crippen molar-refractivity contribution in [3.8, 4) is 0 Å². The number of rotatable bonds is 12. The highest BCUT2D eigenvalue weighted by Gasteiger charge is 2.61. The molecule has 0 bridgehead atoms. The zero-order valence-electron chi connectivity index (χ0n) is 41.8. The normalized spacial score (nSPS) is 45.3. The number of hydrogen-bond acceptors (Lipinski definition) is 2. The molecule has 0 saturated heterocycles. The van der Waals surface area contributed by atoms with Crippen molar-refractivity contribution < 1.29 is 10.2 Å². The Balaban J connectivity index is 0.000000181. The van der Waals surface area contributed by atoms with E-state index in [9.17, 15) is 10.2 Å². The van der Waals surface area contributed by atoms with Crippen LogP contribution in [0, 0.1) is 105 Å². The smallest absolute Gasteiger partial charge is 0.0633 e. The molecule has 0 amide bonds. The fourth-order valence-corrected chi connectivity index (χ4v) is 18.7. The van der Waals surface area contributed by atoms with Gasteiger partial charge in [0, 0.05) is 5.41 Å². The molecule has 0 aromatic heterocycles. The molecule has 8 rings (SSSR count). The highest BCUT2D eigenvalue weighted by atomic mass is 16.3. The first-order chi connectivity index (χ1) is 28.4. The summed E-state index contributed by atoms with van der Waals surface area (Å²) in [6.45, 7) is 30.0. The van der Waals surface area contributed by atoms with Gasteiger partial charge in [-0.1, -0.05) is 132 Å². The molecule has 0 heterocycles. The van der Waals surface area contributed by atoms with Crippen molar-refractivity contribution in [3.63, 3.8) is 0 Å². The summed E-state index contributed by atoms with van der Waals surface area (Å²) >= 11 is 0. The zero-order chi connectivity index (χ0) is 43.4. The van der Waals surface area contributed by atoms with Gasteiger partial charge in [0.25, 0.3) is 0 Å². The lowest BCUT2D eigenvalue weighted by molar-refractivity contribution is -0.0931. The van der Waals surface area contributed by atoms with Crippen LogP contribution in [0.4, 0.5) is 0 Å². The van der Waals surface area contributed by atoms with Crippen LogP contribution in [0.5, 0.6) is 0 Å². The van der Waals surface area contributed by atoms with Crippen molar-refractivity contribution in [1.82, 2.24) is 0 Å². The molecule has 2 heteroatoms. The summed E-state index contributed by atoms with van der Waals surface area (Å²) in [7, 11) is 0. The number of aliphatic hydroxyl groups excluding tert-OH is 2. The minimum atomic E-state index is -0.104. The Morgan fingerprint density at radius 2 is 1.07 bits per heavy atom. The van der Waals surface area contributed by atoms with Gasteiger partial charge >= 0.3 is 0 Å². The molecule has 60 heavy (non-hydrogen) atoms. The van der Waals surface area contributed by atoms with Gasteiger partial charge in [-0.25, -0.2) is 0 Å². The maximum absolute atomic E-state index is 11.1. The number of allylic oxidation sites excluding steroid dienone is 2. The van der Waals surface area contributed by atoms with E-state index in [0.29, 0.717) is 16.2 Å². The Hall–Kier alpha value is -0.600. The molecular weight excluding hydrogens is 729 g/mol. The molecule has 8 aliphatic carbocycles. The van der Waals surface area contributed by atoms with Gasteiger partial charge in [0.15, 0.2) is 0 Å². The van der Waals surface area contributed by atoms with Crippen LogP contribution < -0.4 is 0 Å². The van der Waals surface area contributed by atoms with E-state index >= 15 is 0 Å². The molecule has 2 nitrogen and oxygen atoms in total. The van der Waals surface area contributed by atoms with E-state index in [4.69, 9.17) is 0 Å². The Labute approximate surface area is 373 Å². The lowest BCUT2D eigenvalue weighted by atomic mass is 9.46. The summed E-state index contributed by atoms with van der Waals surface area (Å²) < 4.78 is 0. The third-order valence-corrected chi connectivity index (χ3v) is 22.7. The van der Waals surface area contributed by atoms with Gasteiger partial charge in [-0.2, -0.15) is 0 Å². The second-order valence-electron chi connectivity index (χ2n) is 25.6. The molecule has 0 spiro atoms. The van der Waals surface area contributed by atoms with E-state index in [0.717, 1.165) is 102 Å². The van der Waals surface area contributed by atoms with Gasteiger partial charge in [-0.15, -0.1) is 0 Å². The third-order valence-electron chi connectivity index (χ3n) is 22.7. The van der Waals surface area contributed by atoms with E-state index in [1.54, 1.807) is 11.1 Å². The second kappa shape index (κ2) is 18.7. The molecule has 0 aromatic rings. The summed E-state index contributed by atoms with van der Waals surface area (Å²) in [4.78, 5) is 0. The Kier molecular flexibility index (Phi) is 14.8. The Morgan fingerprint density at radius 3 is 1.58 bits per heavy atom. The van der Waals surface area contributed by atoms with Gasteiger partial charge in [0.05, 0.1) is 12.2 Å². The van der Waals surface area contributed by atoms with Crippen LogP contribution >= 0.6 is 0 Å². The molecule has 6 saturated carbocycles. The highest BCUT2D eigenvalue weighted by molar-refractivity contribution is 5.27. The fourth-order valence-electron chi connectivity index (χ4n) is 18.7. The van der Waals surface area contributed by atoms with E-state index in [-0.39, 0.29) is 17.6 Å². The molecular formula is C58H100O2. The molecule has 2 N–H and O–H groups in total. The molecule has 0 aromatic carbocycles. The maximum atomic E-state index is 11.1. The molecule has 8 aliphatic rings. The predicted octanol–water partition coefficient (Wildman–Crippen LogP) is 16.0. The van der Waals surface area contributed by atoms with Gasteiger partial charge in [0.1, 0.15) is 0 Å². The second-order valence-corrected chi connectivity index (χ2v) is 25.6. The molecule has 6 fully saturated rings. The minimum Gasteiger partial charge on any atom is -0.393 e. The van der Waals surface area contributed by atoms with Crippen molar-refractivity contribution in [2.24, 2.45) is 105 Å². The van der Waals surface area contributed by atoms with E-state index in [1.807, 2.05) is 0 Å². The highest BCUT2D eigenvalue weighted by Crippen LogP contribution is 2.69. The molecule has 344 valence electrons. The monoisotopic (exact) mass is 829 g/mol. The van der Waals surface area contributed by atoms with Gasteiger partial charge in [0.2, 0.25) is 0 Å². The van der Waals surface area contributed by atoms with Crippen molar-refractivity contribution in [1.29, 1.82) is 0 Å². The van der Waals surface area contributed by atoms with Gasteiger partial charge in [-0.3, -0.25) is 0 Å². The van der Waals surface area contributed by atoms with Gasteiger partial charge in [-0.05, 0) is 215 Å². The number of fused-ring (bicyclic) bond motifs is 10. The van der Waals surface area contributed by atoms with Crippen LogP contribution in [0.25, 0.3) is 0 Å². The van der Waals surface area contributed by atoms with Crippen molar-refractivity contribution >= 4 is 0 Å². The van der Waals surface area contributed by atoms with Crippen molar-refractivity contribution in [2.45, 2.75) is 237 Å². The zero-order valence-corrected chi connectivity index (χ0v) is 41.8. The Morgan fingerprint density at radius 1 is 0.567 bits per heavy atom. The lowest BCUT2D eigenvalue weighted by Crippen LogP contribution is -2.54. The summed E-state index contributed by atoms with van der Waals surface area (Å²) in [5.41, 5.74) is 4.83. The molecule has 0 radical (unpaired) electrons. The molecule has 3 unspecified atom stereocenters. The predicted molar refractivity (Wildman–Crippen MR) is 256 cm³/mol. The summed E-state index contributed by atoms with van der Waals surface area (Å²) in [5.74, 6) is 12.3. The van der Waals surface area contributed by atoms with Crippen LogP contribution in [0.2, 0.25) is 0 Å². The topological polar surface area (TPSA) is 40.5 Å². The Bertz CT molecular complexity index is 1480. The quantitative estimate of drug-likeness (QED) is 0.192. The SMILES string of the molecule is CCC(CC[C@@H](C)[C@H]1CC[C@H]2[C@@H]3CC=C4CCCC(O)[C@]4(C)[C@H]3CC[C@]12C)C(C)C.CCC(CC[C@@H](C)[C@H]1CC[C@H]2[C@@H]3CC=C4C[C@@H](O)CC[C@]4(C)[C@H]3CC[C@]12C)C(C)C. The minimum absolute atomic E-state index is 0.0794. The summed E-state index contributed by atoms with van der Waals surface area (Å²) in [6.07, 6.45) is 34.2. The van der Waals surface area contributed by atoms with Crippen LogP contribution in [0.3, 0.4) is 0 Å².